The molecule has 1 aromatic rings. The molecule has 1 unspecified atom stereocenters. The van der Waals surface area contributed by atoms with E-state index in [0.29, 0.717) is 19.6 Å². The van der Waals surface area contributed by atoms with E-state index in [4.69, 9.17) is 9.84 Å². The molecule has 1 aromatic carbocycles. The Bertz CT molecular complexity index is 394. The van der Waals surface area contributed by atoms with Gasteiger partial charge in [0.05, 0.1) is 0 Å². The molecule has 0 spiro atoms. The van der Waals surface area contributed by atoms with Gasteiger partial charge in [0.1, 0.15) is 0 Å². The lowest BCUT2D eigenvalue weighted by Crippen LogP contribution is -2.29. The summed E-state index contributed by atoms with van der Waals surface area (Å²) < 4.78 is 6.24. The van der Waals surface area contributed by atoms with Gasteiger partial charge < -0.3 is 14.7 Å². The average molecular weight is 330 g/mol. The smallest absolute Gasteiger partial charge is 0.332 e. The molecule has 0 saturated carbocycles. The van der Waals surface area contributed by atoms with Crippen molar-refractivity contribution in [2.75, 3.05) is 20.2 Å². The number of hydrogen-bond donors (Lipinski definition) is 1. The monoisotopic (exact) mass is 329 g/mol. The minimum absolute atomic E-state index is 0.424. The minimum atomic E-state index is -0.890. The molecule has 0 heterocycles. The largest absolute Gasteiger partial charge is 0.479 e. The number of rotatable bonds is 8. The summed E-state index contributed by atoms with van der Waals surface area (Å²) in [6.45, 7) is 3.72. The third kappa shape index (κ3) is 6.18. The maximum absolute atomic E-state index is 10.9. The second-order valence-electron chi connectivity index (χ2n) is 4.44. The lowest BCUT2D eigenvalue weighted by atomic mass is 10.2. The van der Waals surface area contributed by atoms with Crippen molar-refractivity contribution in [3.8, 4) is 0 Å². The fourth-order valence-corrected chi connectivity index (χ4v) is 2.06. The van der Waals surface area contributed by atoms with Gasteiger partial charge in [0.25, 0.3) is 0 Å². The molecular weight excluding hydrogens is 310 g/mol. The van der Waals surface area contributed by atoms with Gasteiger partial charge in [-0.1, -0.05) is 28.1 Å². The molecule has 0 aliphatic heterocycles. The van der Waals surface area contributed by atoms with Crippen LogP contribution in [0.2, 0.25) is 0 Å². The summed E-state index contributed by atoms with van der Waals surface area (Å²) in [6.07, 6.45) is -0.215. The van der Waals surface area contributed by atoms with Gasteiger partial charge in [0.2, 0.25) is 0 Å². The van der Waals surface area contributed by atoms with Crippen LogP contribution < -0.4 is 0 Å². The summed E-state index contributed by atoms with van der Waals surface area (Å²) in [7, 11) is 1.98. The molecule has 1 N–H and O–H groups in total. The van der Waals surface area contributed by atoms with E-state index in [1.165, 1.54) is 5.56 Å². The SMILES string of the molecule is CCOC(CCN(C)Cc1ccc(Br)cc1)C(=O)O. The number of nitrogens with zero attached hydrogens (tertiary/aromatic N) is 1. The Kier molecular flexibility index (Phi) is 7.05. The van der Waals surface area contributed by atoms with Crippen LogP contribution in [0, 0.1) is 0 Å². The Balaban J connectivity index is 2.40. The molecule has 106 valence electrons. The average Bonchev–Trinajstić information content (AvgIpc) is 2.37. The molecule has 4 nitrogen and oxygen atoms in total. The highest BCUT2D eigenvalue weighted by Crippen LogP contribution is 2.12. The van der Waals surface area contributed by atoms with Crippen LogP contribution in [-0.2, 0) is 16.1 Å². The number of aliphatic carboxylic acids is 1. The molecule has 1 rings (SSSR count). The zero-order chi connectivity index (χ0) is 14.3. The molecule has 0 aromatic heterocycles. The normalized spacial score (nSPS) is 12.6. The molecule has 1 atom stereocenters. The Morgan fingerprint density at radius 2 is 2.05 bits per heavy atom. The van der Waals surface area contributed by atoms with Gasteiger partial charge in [-0.3, -0.25) is 0 Å². The van der Waals surface area contributed by atoms with E-state index in [9.17, 15) is 4.79 Å². The first-order valence-corrected chi connectivity index (χ1v) is 7.09. The highest BCUT2D eigenvalue weighted by molar-refractivity contribution is 9.10. The van der Waals surface area contributed by atoms with E-state index < -0.39 is 12.1 Å². The Morgan fingerprint density at radius 1 is 1.42 bits per heavy atom. The molecule has 5 heteroatoms. The van der Waals surface area contributed by atoms with Gasteiger partial charge in [-0.25, -0.2) is 4.79 Å². The second kappa shape index (κ2) is 8.30. The van der Waals surface area contributed by atoms with Gasteiger partial charge in [-0.15, -0.1) is 0 Å². The standard InChI is InChI=1S/C14H20BrNO3/c1-3-19-13(14(17)18)8-9-16(2)10-11-4-6-12(15)7-5-11/h4-7,13H,3,8-10H2,1-2H3,(H,17,18). The van der Waals surface area contributed by atoms with Crippen molar-refractivity contribution in [1.29, 1.82) is 0 Å². The number of carboxylic acids is 1. The highest BCUT2D eigenvalue weighted by Gasteiger charge is 2.17. The van der Waals surface area contributed by atoms with Crippen molar-refractivity contribution in [1.82, 2.24) is 4.90 Å². The Morgan fingerprint density at radius 3 is 2.58 bits per heavy atom. The molecule has 0 aliphatic rings. The van der Waals surface area contributed by atoms with E-state index in [0.717, 1.165) is 11.0 Å². The third-order valence-electron chi connectivity index (χ3n) is 2.78. The lowest BCUT2D eigenvalue weighted by molar-refractivity contribution is -0.150. The molecule has 0 bridgehead atoms. The van der Waals surface area contributed by atoms with Crippen molar-refractivity contribution in [3.05, 3.63) is 34.3 Å². The minimum Gasteiger partial charge on any atom is -0.479 e. The van der Waals surface area contributed by atoms with E-state index in [1.54, 1.807) is 0 Å². The van der Waals surface area contributed by atoms with Crippen LogP contribution in [0.4, 0.5) is 0 Å². The topological polar surface area (TPSA) is 49.8 Å². The third-order valence-corrected chi connectivity index (χ3v) is 3.31. The molecule has 0 radical (unpaired) electrons. The highest BCUT2D eigenvalue weighted by atomic mass is 79.9. The van der Waals surface area contributed by atoms with E-state index >= 15 is 0 Å². The number of ether oxygens (including phenoxy) is 1. The summed E-state index contributed by atoms with van der Waals surface area (Å²) in [4.78, 5) is 13.0. The van der Waals surface area contributed by atoms with Gasteiger partial charge in [-0.05, 0) is 38.1 Å². The summed E-state index contributed by atoms with van der Waals surface area (Å²) in [5.41, 5.74) is 1.20. The summed E-state index contributed by atoms with van der Waals surface area (Å²) in [5.74, 6) is -0.890. The molecule has 0 fully saturated rings. The maximum atomic E-state index is 10.9. The fraction of sp³-hybridized carbons (Fsp3) is 0.500. The van der Waals surface area contributed by atoms with Crippen molar-refractivity contribution in [3.63, 3.8) is 0 Å². The molecular formula is C14H20BrNO3. The molecule has 0 saturated heterocycles. The summed E-state index contributed by atoms with van der Waals surface area (Å²) in [6, 6.07) is 8.11. The van der Waals surface area contributed by atoms with Gasteiger partial charge >= 0.3 is 5.97 Å². The fourth-order valence-electron chi connectivity index (χ4n) is 1.80. The zero-order valence-electron chi connectivity index (χ0n) is 11.3. The number of benzene rings is 1. The first-order valence-electron chi connectivity index (χ1n) is 6.30. The van der Waals surface area contributed by atoms with Crippen molar-refractivity contribution in [2.45, 2.75) is 26.0 Å². The first kappa shape index (κ1) is 16.1. The summed E-state index contributed by atoms with van der Waals surface area (Å²) in [5, 5.41) is 8.99. The second-order valence-corrected chi connectivity index (χ2v) is 5.35. The maximum Gasteiger partial charge on any atom is 0.332 e. The molecule has 19 heavy (non-hydrogen) atoms. The lowest BCUT2D eigenvalue weighted by Gasteiger charge is -2.19. The van der Waals surface area contributed by atoms with Crippen LogP contribution in [0.5, 0.6) is 0 Å². The van der Waals surface area contributed by atoms with Gasteiger partial charge in [-0.2, -0.15) is 0 Å². The number of carboxylic acid groups (broad SMARTS) is 1. The number of carbonyl (C=O) groups is 1. The molecule has 0 amide bonds. The Hall–Kier alpha value is -0.910. The predicted octanol–water partition coefficient (Wildman–Crippen LogP) is 2.76. The predicted molar refractivity (Wildman–Crippen MR) is 78.1 cm³/mol. The molecule has 0 aliphatic carbocycles. The van der Waals surface area contributed by atoms with Crippen LogP contribution >= 0.6 is 15.9 Å². The summed E-state index contributed by atoms with van der Waals surface area (Å²) >= 11 is 3.40. The number of hydrogen-bond acceptors (Lipinski definition) is 3. The van der Waals surface area contributed by atoms with Gasteiger partial charge in [0, 0.05) is 24.2 Å². The van der Waals surface area contributed by atoms with E-state index in [2.05, 4.69) is 33.0 Å². The van der Waals surface area contributed by atoms with Crippen molar-refractivity contribution >= 4 is 21.9 Å². The Labute approximate surface area is 122 Å². The van der Waals surface area contributed by atoms with Crippen LogP contribution in [0.1, 0.15) is 18.9 Å². The quantitative estimate of drug-likeness (QED) is 0.796. The van der Waals surface area contributed by atoms with Crippen molar-refractivity contribution in [2.24, 2.45) is 0 Å². The number of halogens is 1. The van der Waals surface area contributed by atoms with Crippen LogP contribution in [0.25, 0.3) is 0 Å². The van der Waals surface area contributed by atoms with Crippen LogP contribution in [0.15, 0.2) is 28.7 Å². The van der Waals surface area contributed by atoms with E-state index in [1.807, 2.05) is 26.1 Å². The van der Waals surface area contributed by atoms with E-state index in [-0.39, 0.29) is 0 Å². The first-order chi connectivity index (χ1) is 9.02. The zero-order valence-corrected chi connectivity index (χ0v) is 12.9. The van der Waals surface area contributed by atoms with Gasteiger partial charge in [0.15, 0.2) is 6.10 Å². The van der Waals surface area contributed by atoms with Crippen molar-refractivity contribution < 1.29 is 14.6 Å². The van der Waals surface area contributed by atoms with Crippen LogP contribution in [-0.4, -0.2) is 42.3 Å². The van der Waals surface area contributed by atoms with Crippen LogP contribution in [0.3, 0.4) is 0 Å².